The Kier molecular flexibility index (Phi) is 7.35. The first-order valence-corrected chi connectivity index (χ1v) is 9.75. The molecule has 1 aliphatic heterocycles. The van der Waals surface area contributed by atoms with E-state index in [9.17, 15) is 31.2 Å². The zero-order valence-corrected chi connectivity index (χ0v) is 14.6. The van der Waals surface area contributed by atoms with Gasteiger partial charge in [-0.25, -0.2) is 12.7 Å². The van der Waals surface area contributed by atoms with Crippen molar-refractivity contribution in [3.63, 3.8) is 0 Å². The first-order valence-electron chi connectivity index (χ1n) is 7.16. The Bertz CT molecular complexity index is 560. The van der Waals surface area contributed by atoms with E-state index in [1.54, 1.807) is 0 Å². The number of thioether (sulfide) groups is 1. The lowest BCUT2D eigenvalue weighted by molar-refractivity contribution is -0.145. The highest BCUT2D eigenvalue weighted by Gasteiger charge is 2.35. The molecule has 0 radical (unpaired) electrons. The van der Waals surface area contributed by atoms with Crippen molar-refractivity contribution in [2.24, 2.45) is 0 Å². The van der Waals surface area contributed by atoms with Crippen LogP contribution in [0.15, 0.2) is 0 Å². The molecule has 0 bridgehead atoms. The number of carboxylic acid groups (broad SMARTS) is 1. The molecule has 24 heavy (non-hydrogen) atoms. The second kappa shape index (κ2) is 8.39. The molecule has 7 nitrogen and oxygen atoms in total. The predicted octanol–water partition coefficient (Wildman–Crippen LogP) is 0.967. The van der Waals surface area contributed by atoms with E-state index in [2.05, 4.69) is 0 Å². The minimum Gasteiger partial charge on any atom is -0.480 e. The Hall–Kier alpha value is -1.01. The molecule has 0 aromatic heterocycles. The standard InChI is InChI=1S/C12H19F3N2O5S2/c1-2-24(21,22)16-5-3-9(4-6-16)17(7-11(19)20)10(18)8-23-12(13,14)15/h9H,2-8H2,1H3,(H,19,20). The van der Waals surface area contributed by atoms with Crippen LogP contribution in [0.25, 0.3) is 0 Å². The van der Waals surface area contributed by atoms with Crippen molar-refractivity contribution in [3.8, 4) is 0 Å². The number of piperidine rings is 1. The van der Waals surface area contributed by atoms with Crippen molar-refractivity contribution in [2.45, 2.75) is 31.3 Å². The summed E-state index contributed by atoms with van der Waals surface area (Å²) < 4.78 is 61.4. The summed E-state index contributed by atoms with van der Waals surface area (Å²) in [6.45, 7) is 1.01. The topological polar surface area (TPSA) is 95.0 Å². The van der Waals surface area contributed by atoms with Crippen molar-refractivity contribution in [1.82, 2.24) is 9.21 Å². The fourth-order valence-electron chi connectivity index (χ4n) is 2.41. The fourth-order valence-corrected chi connectivity index (χ4v) is 3.99. The first-order chi connectivity index (χ1) is 11.0. The summed E-state index contributed by atoms with van der Waals surface area (Å²) in [5.74, 6) is -3.22. The Morgan fingerprint density at radius 2 is 1.83 bits per heavy atom. The molecular formula is C12H19F3N2O5S2. The monoisotopic (exact) mass is 392 g/mol. The van der Waals surface area contributed by atoms with Crippen molar-refractivity contribution in [2.75, 3.05) is 31.1 Å². The van der Waals surface area contributed by atoms with Gasteiger partial charge in [0.2, 0.25) is 15.9 Å². The lowest BCUT2D eigenvalue weighted by Crippen LogP contribution is -2.51. The van der Waals surface area contributed by atoms with E-state index in [4.69, 9.17) is 5.11 Å². The van der Waals surface area contributed by atoms with Gasteiger partial charge >= 0.3 is 11.5 Å². The summed E-state index contributed by atoms with van der Waals surface area (Å²) in [6.07, 6.45) is 0.379. The number of rotatable bonds is 7. The van der Waals surface area contributed by atoms with Crippen molar-refractivity contribution < 1.29 is 36.3 Å². The quantitative estimate of drug-likeness (QED) is 0.694. The first kappa shape index (κ1) is 21.0. The van der Waals surface area contributed by atoms with E-state index < -0.39 is 57.5 Å². The molecule has 0 unspecified atom stereocenters. The van der Waals surface area contributed by atoms with E-state index in [1.165, 1.54) is 11.2 Å². The highest BCUT2D eigenvalue weighted by molar-refractivity contribution is 8.00. The SMILES string of the molecule is CCS(=O)(=O)N1CCC(N(CC(=O)O)C(=O)CSC(F)(F)F)CC1. The van der Waals surface area contributed by atoms with Crippen LogP contribution in [0.4, 0.5) is 13.2 Å². The molecule has 0 spiro atoms. The number of carbonyl (C=O) groups excluding carboxylic acids is 1. The number of sulfonamides is 1. The van der Waals surface area contributed by atoms with Crippen LogP contribution in [-0.4, -0.2) is 77.3 Å². The molecule has 0 aromatic rings. The molecule has 1 heterocycles. The van der Waals surface area contributed by atoms with Crippen LogP contribution < -0.4 is 0 Å². The third-order valence-corrected chi connectivity index (χ3v) is 6.21. The summed E-state index contributed by atoms with van der Waals surface area (Å²) in [5, 5.41) is 8.88. The number of amides is 1. The van der Waals surface area contributed by atoms with Crippen molar-refractivity contribution in [3.05, 3.63) is 0 Å². The van der Waals surface area contributed by atoms with Gasteiger partial charge in [0.05, 0.1) is 11.5 Å². The van der Waals surface area contributed by atoms with Gasteiger partial charge in [0, 0.05) is 19.1 Å². The molecule has 1 N–H and O–H groups in total. The van der Waals surface area contributed by atoms with Crippen LogP contribution in [0.1, 0.15) is 19.8 Å². The Labute approximate surface area is 142 Å². The third kappa shape index (κ3) is 6.48. The van der Waals surface area contributed by atoms with Crippen molar-refractivity contribution in [1.29, 1.82) is 0 Å². The van der Waals surface area contributed by atoms with Crippen molar-refractivity contribution >= 4 is 33.7 Å². The summed E-state index contributed by atoms with van der Waals surface area (Å²) in [6, 6.07) is -0.592. The van der Waals surface area contributed by atoms with Gasteiger partial charge in [-0.15, -0.1) is 0 Å². The largest absolute Gasteiger partial charge is 0.480 e. The number of hydrogen-bond acceptors (Lipinski definition) is 5. The number of carbonyl (C=O) groups is 2. The molecule has 0 aromatic carbocycles. The summed E-state index contributed by atoms with van der Waals surface area (Å²) in [4.78, 5) is 23.8. The van der Waals surface area contributed by atoms with Crippen LogP contribution in [0.3, 0.4) is 0 Å². The molecule has 0 saturated carbocycles. The lowest BCUT2D eigenvalue weighted by Gasteiger charge is -2.37. The number of hydrogen-bond donors (Lipinski definition) is 1. The van der Waals surface area contributed by atoms with Crippen LogP contribution >= 0.6 is 11.8 Å². The number of carboxylic acids is 1. The van der Waals surface area contributed by atoms with Gasteiger partial charge in [-0.05, 0) is 31.5 Å². The molecular weight excluding hydrogens is 373 g/mol. The van der Waals surface area contributed by atoms with Gasteiger partial charge in [0.25, 0.3) is 0 Å². The molecule has 0 aliphatic carbocycles. The molecule has 1 saturated heterocycles. The lowest BCUT2D eigenvalue weighted by atomic mass is 10.0. The van der Waals surface area contributed by atoms with Gasteiger partial charge in [-0.1, -0.05) is 0 Å². The highest BCUT2D eigenvalue weighted by Crippen LogP contribution is 2.30. The van der Waals surface area contributed by atoms with Gasteiger partial charge in [-0.3, -0.25) is 9.59 Å². The molecule has 1 aliphatic rings. The van der Waals surface area contributed by atoms with Gasteiger partial charge in [0.1, 0.15) is 6.54 Å². The van der Waals surface area contributed by atoms with Gasteiger partial charge in [-0.2, -0.15) is 13.2 Å². The second-order valence-electron chi connectivity index (χ2n) is 5.18. The summed E-state index contributed by atoms with van der Waals surface area (Å²) in [5.41, 5.74) is -4.58. The van der Waals surface area contributed by atoms with E-state index in [0.717, 1.165) is 4.90 Å². The van der Waals surface area contributed by atoms with Gasteiger partial charge in [0.15, 0.2) is 0 Å². The smallest absolute Gasteiger partial charge is 0.442 e. The highest BCUT2D eigenvalue weighted by atomic mass is 32.2. The van der Waals surface area contributed by atoms with E-state index >= 15 is 0 Å². The Morgan fingerprint density at radius 1 is 1.29 bits per heavy atom. The Morgan fingerprint density at radius 3 is 2.25 bits per heavy atom. The van der Waals surface area contributed by atoms with E-state index in [1.807, 2.05) is 0 Å². The van der Waals surface area contributed by atoms with E-state index in [-0.39, 0.29) is 31.7 Å². The maximum Gasteiger partial charge on any atom is 0.442 e. The number of alkyl halides is 3. The average Bonchev–Trinajstić information content (AvgIpc) is 2.49. The molecule has 1 rings (SSSR count). The summed E-state index contributed by atoms with van der Waals surface area (Å²) in [7, 11) is -3.38. The van der Waals surface area contributed by atoms with Crippen LogP contribution in [0, 0.1) is 0 Å². The second-order valence-corrected chi connectivity index (χ2v) is 8.48. The van der Waals surface area contributed by atoms with Crippen LogP contribution in [-0.2, 0) is 19.6 Å². The minimum absolute atomic E-state index is 0.0718. The minimum atomic E-state index is -4.58. The maximum atomic E-state index is 12.2. The number of nitrogens with zero attached hydrogens (tertiary/aromatic N) is 2. The fraction of sp³-hybridized carbons (Fsp3) is 0.833. The zero-order valence-electron chi connectivity index (χ0n) is 13.0. The number of aliphatic carboxylic acids is 1. The molecule has 0 atom stereocenters. The predicted molar refractivity (Wildman–Crippen MR) is 81.9 cm³/mol. The average molecular weight is 392 g/mol. The molecule has 1 amide bonds. The Balaban J connectivity index is 2.73. The summed E-state index contributed by atoms with van der Waals surface area (Å²) >= 11 is -0.521. The zero-order chi connectivity index (χ0) is 18.5. The van der Waals surface area contributed by atoms with Gasteiger partial charge < -0.3 is 10.0 Å². The normalized spacial score (nSPS) is 17.7. The third-order valence-electron chi connectivity index (χ3n) is 3.61. The van der Waals surface area contributed by atoms with Crippen LogP contribution in [0.5, 0.6) is 0 Å². The maximum absolute atomic E-state index is 12.2. The van der Waals surface area contributed by atoms with E-state index in [0.29, 0.717) is 0 Å². The van der Waals surface area contributed by atoms with Crippen LogP contribution in [0.2, 0.25) is 0 Å². The number of halogens is 3. The molecule has 140 valence electrons. The molecule has 1 fully saturated rings. The molecule has 12 heteroatoms.